The van der Waals surface area contributed by atoms with E-state index in [1.807, 2.05) is 0 Å². The van der Waals surface area contributed by atoms with Crippen molar-refractivity contribution in [1.29, 1.82) is 0 Å². The highest BCUT2D eigenvalue weighted by atomic mass is 19.2. The third kappa shape index (κ3) is 2.27. The van der Waals surface area contributed by atoms with Gasteiger partial charge < -0.3 is 5.73 Å². The zero-order chi connectivity index (χ0) is 12.5. The normalized spacial score (nSPS) is 12.9. The first-order chi connectivity index (χ1) is 7.36. The number of nitrogens with two attached hydrogens (primary N) is 1. The zero-order valence-electron chi connectivity index (χ0n) is 9.55. The minimum Gasteiger partial charge on any atom is -0.321 e. The topological polar surface area (TPSA) is 43.1 Å². The molecule has 0 aliphatic rings. The Balaban J connectivity index is 3.15. The summed E-state index contributed by atoms with van der Waals surface area (Å²) in [6.45, 7) is 4.95. The summed E-state index contributed by atoms with van der Waals surface area (Å²) in [5, 5.41) is 0. The van der Waals surface area contributed by atoms with Gasteiger partial charge in [-0.05, 0) is 24.5 Å². The number of hydrogen-bond acceptors (Lipinski definition) is 2. The molecule has 0 heterocycles. The molecule has 0 radical (unpaired) electrons. The molecule has 0 aliphatic heterocycles. The molecular weight excluding hydrogens is 212 g/mol. The Hall–Kier alpha value is -1.29. The maximum absolute atomic E-state index is 13.5. The van der Waals surface area contributed by atoms with Crippen molar-refractivity contribution in [2.45, 2.75) is 26.8 Å². The second-order valence-corrected chi connectivity index (χ2v) is 4.19. The third-order valence-electron chi connectivity index (χ3n) is 2.56. The number of Topliss-reactive ketones (excluding diaryl/α,β-unsaturated/α-hetero) is 1. The zero-order valence-corrected chi connectivity index (χ0v) is 9.55. The van der Waals surface area contributed by atoms with Gasteiger partial charge in [0.25, 0.3) is 0 Å². The number of carbonyl (C=O) groups is 1. The van der Waals surface area contributed by atoms with Gasteiger partial charge in [-0.2, -0.15) is 0 Å². The first-order valence-electron chi connectivity index (χ1n) is 5.10. The Morgan fingerprint density at radius 3 is 2.31 bits per heavy atom. The number of carbonyl (C=O) groups excluding carboxylic acids is 1. The number of benzene rings is 1. The lowest BCUT2D eigenvalue weighted by Gasteiger charge is -2.15. The van der Waals surface area contributed by atoms with Crippen LogP contribution in [0.1, 0.15) is 29.8 Å². The summed E-state index contributed by atoms with van der Waals surface area (Å²) in [7, 11) is 0. The van der Waals surface area contributed by atoms with E-state index in [9.17, 15) is 13.6 Å². The van der Waals surface area contributed by atoms with Crippen LogP contribution in [0.2, 0.25) is 0 Å². The van der Waals surface area contributed by atoms with Gasteiger partial charge in [-0.1, -0.05) is 19.9 Å². The van der Waals surface area contributed by atoms with Crippen molar-refractivity contribution in [2.75, 3.05) is 0 Å². The van der Waals surface area contributed by atoms with Crippen LogP contribution in [0.5, 0.6) is 0 Å². The Morgan fingerprint density at radius 2 is 1.81 bits per heavy atom. The van der Waals surface area contributed by atoms with Gasteiger partial charge in [0.2, 0.25) is 0 Å². The second-order valence-electron chi connectivity index (χ2n) is 4.19. The number of aryl methyl sites for hydroxylation is 1. The van der Waals surface area contributed by atoms with Crippen molar-refractivity contribution in [3.8, 4) is 0 Å². The average molecular weight is 227 g/mol. The molecule has 2 nitrogen and oxygen atoms in total. The van der Waals surface area contributed by atoms with Crippen LogP contribution in [0.4, 0.5) is 8.78 Å². The summed E-state index contributed by atoms with van der Waals surface area (Å²) < 4.78 is 26.7. The Morgan fingerprint density at radius 1 is 1.25 bits per heavy atom. The van der Waals surface area contributed by atoms with Crippen molar-refractivity contribution < 1.29 is 13.6 Å². The molecule has 1 atom stereocenters. The minimum atomic E-state index is -1.11. The van der Waals surface area contributed by atoms with Crippen molar-refractivity contribution in [2.24, 2.45) is 11.7 Å². The maximum Gasteiger partial charge on any atom is 0.182 e. The van der Waals surface area contributed by atoms with Gasteiger partial charge in [-0.15, -0.1) is 0 Å². The summed E-state index contributed by atoms with van der Waals surface area (Å²) in [5.41, 5.74) is 5.51. The number of halogens is 2. The van der Waals surface area contributed by atoms with Gasteiger partial charge in [0.05, 0.1) is 11.6 Å². The molecule has 0 aliphatic carbocycles. The van der Waals surface area contributed by atoms with Gasteiger partial charge in [-0.25, -0.2) is 8.78 Å². The molecule has 4 heteroatoms. The Kier molecular flexibility index (Phi) is 3.75. The summed E-state index contributed by atoms with van der Waals surface area (Å²) in [5.74, 6) is -2.77. The van der Waals surface area contributed by atoms with E-state index < -0.39 is 23.5 Å². The van der Waals surface area contributed by atoms with Crippen LogP contribution in [0.3, 0.4) is 0 Å². The van der Waals surface area contributed by atoms with Gasteiger partial charge in [0.15, 0.2) is 17.4 Å². The van der Waals surface area contributed by atoms with Crippen molar-refractivity contribution >= 4 is 5.78 Å². The highest BCUT2D eigenvalue weighted by molar-refractivity contribution is 6.00. The summed E-state index contributed by atoms with van der Waals surface area (Å²) in [6.07, 6.45) is 0. The summed E-state index contributed by atoms with van der Waals surface area (Å²) in [4.78, 5) is 11.7. The van der Waals surface area contributed by atoms with Crippen LogP contribution < -0.4 is 5.73 Å². The molecule has 0 saturated heterocycles. The van der Waals surface area contributed by atoms with Gasteiger partial charge in [0.1, 0.15) is 0 Å². The highest BCUT2D eigenvalue weighted by Gasteiger charge is 2.24. The van der Waals surface area contributed by atoms with Crippen LogP contribution in [0.25, 0.3) is 0 Å². The van der Waals surface area contributed by atoms with E-state index in [1.165, 1.54) is 19.1 Å². The van der Waals surface area contributed by atoms with E-state index in [4.69, 9.17) is 5.73 Å². The molecule has 0 aromatic heterocycles. The largest absolute Gasteiger partial charge is 0.321 e. The Labute approximate surface area is 93.5 Å². The number of rotatable bonds is 3. The molecule has 1 unspecified atom stereocenters. The van der Waals surface area contributed by atoms with Crippen LogP contribution >= 0.6 is 0 Å². The van der Waals surface area contributed by atoms with Crippen LogP contribution in [-0.2, 0) is 0 Å². The number of hydrogen-bond donors (Lipinski definition) is 1. The van der Waals surface area contributed by atoms with Crippen LogP contribution in [-0.4, -0.2) is 11.8 Å². The fourth-order valence-electron chi connectivity index (χ4n) is 1.32. The standard InChI is InChI=1S/C12H15F2NO/c1-6(2)11(15)12(16)8-5-4-7(3)9(13)10(8)14/h4-6,11H,15H2,1-3H3. The SMILES string of the molecule is Cc1ccc(C(=O)C(N)C(C)C)c(F)c1F. The molecule has 88 valence electrons. The molecule has 0 amide bonds. The lowest BCUT2D eigenvalue weighted by atomic mass is 9.95. The highest BCUT2D eigenvalue weighted by Crippen LogP contribution is 2.18. The molecule has 2 N–H and O–H groups in total. The van der Waals surface area contributed by atoms with E-state index >= 15 is 0 Å². The van der Waals surface area contributed by atoms with Gasteiger partial charge in [0, 0.05) is 0 Å². The predicted molar refractivity (Wildman–Crippen MR) is 58.2 cm³/mol. The molecule has 0 saturated carbocycles. The lowest BCUT2D eigenvalue weighted by Crippen LogP contribution is -2.36. The van der Waals surface area contributed by atoms with E-state index in [-0.39, 0.29) is 17.0 Å². The first-order valence-corrected chi connectivity index (χ1v) is 5.10. The Bertz CT molecular complexity index is 416. The smallest absolute Gasteiger partial charge is 0.182 e. The summed E-state index contributed by atoms with van der Waals surface area (Å²) in [6, 6.07) is 1.84. The van der Waals surface area contributed by atoms with E-state index in [2.05, 4.69) is 0 Å². The fourth-order valence-corrected chi connectivity index (χ4v) is 1.32. The van der Waals surface area contributed by atoms with E-state index in [0.29, 0.717) is 0 Å². The monoisotopic (exact) mass is 227 g/mol. The fraction of sp³-hybridized carbons (Fsp3) is 0.417. The van der Waals surface area contributed by atoms with Crippen molar-refractivity contribution in [3.05, 3.63) is 34.9 Å². The molecule has 0 bridgehead atoms. The number of ketones is 1. The van der Waals surface area contributed by atoms with Crippen LogP contribution in [0, 0.1) is 24.5 Å². The quantitative estimate of drug-likeness (QED) is 0.806. The minimum absolute atomic E-state index is 0.115. The molecule has 16 heavy (non-hydrogen) atoms. The molecule has 0 fully saturated rings. The average Bonchev–Trinajstić information content (AvgIpc) is 2.24. The molecule has 0 spiro atoms. The summed E-state index contributed by atoms with van der Waals surface area (Å²) >= 11 is 0. The lowest BCUT2D eigenvalue weighted by molar-refractivity contribution is 0.0935. The molecular formula is C12H15F2NO. The van der Waals surface area contributed by atoms with Crippen molar-refractivity contribution in [1.82, 2.24) is 0 Å². The molecule has 1 aromatic carbocycles. The third-order valence-corrected chi connectivity index (χ3v) is 2.56. The first kappa shape index (κ1) is 12.8. The van der Waals surface area contributed by atoms with Crippen molar-refractivity contribution in [3.63, 3.8) is 0 Å². The second kappa shape index (κ2) is 4.70. The maximum atomic E-state index is 13.5. The van der Waals surface area contributed by atoms with Gasteiger partial charge in [-0.3, -0.25) is 4.79 Å². The molecule has 1 rings (SSSR count). The van der Waals surface area contributed by atoms with E-state index in [1.54, 1.807) is 13.8 Å². The molecule has 1 aromatic rings. The van der Waals surface area contributed by atoms with Crippen LogP contribution in [0.15, 0.2) is 12.1 Å². The predicted octanol–water partition coefficient (Wildman–Crippen LogP) is 2.44. The van der Waals surface area contributed by atoms with Gasteiger partial charge >= 0.3 is 0 Å². The van der Waals surface area contributed by atoms with E-state index in [0.717, 1.165) is 0 Å².